The molecule has 0 bridgehead atoms. The molecule has 1 heterocycles. The Morgan fingerprint density at radius 1 is 1.06 bits per heavy atom. The van der Waals surface area contributed by atoms with Gasteiger partial charge >= 0.3 is 0 Å². The summed E-state index contributed by atoms with van der Waals surface area (Å²) in [7, 11) is 0. The predicted octanol–water partition coefficient (Wildman–Crippen LogP) is 4.18. The summed E-state index contributed by atoms with van der Waals surface area (Å²) in [5, 5.41) is 0. The molecule has 1 aliphatic rings. The number of fused-ring (bicyclic) bond motifs is 1. The van der Waals surface area contributed by atoms with Crippen molar-refractivity contribution in [3.05, 3.63) is 59.7 Å². The topological polar surface area (TPSA) is 9.23 Å². The van der Waals surface area contributed by atoms with Crippen molar-refractivity contribution in [3.63, 3.8) is 0 Å². The lowest BCUT2D eigenvalue weighted by atomic mass is 10.1. The van der Waals surface area contributed by atoms with Crippen molar-refractivity contribution in [1.82, 2.24) is 0 Å². The SMILES string of the molecule is Cc1cccc(C2Oc3ccccc3S2)c1. The Labute approximate surface area is 99.4 Å². The number of ether oxygens (including phenoxy) is 1. The number of aryl methyl sites for hydroxylation is 1. The van der Waals surface area contributed by atoms with Gasteiger partial charge in [-0.05, 0) is 19.1 Å². The van der Waals surface area contributed by atoms with E-state index < -0.39 is 0 Å². The van der Waals surface area contributed by atoms with Crippen LogP contribution >= 0.6 is 11.8 Å². The monoisotopic (exact) mass is 228 g/mol. The number of hydrogen-bond donors (Lipinski definition) is 0. The number of hydrogen-bond acceptors (Lipinski definition) is 2. The molecule has 1 atom stereocenters. The van der Waals surface area contributed by atoms with Crippen LogP contribution in [0.25, 0.3) is 0 Å². The molecule has 1 nitrogen and oxygen atoms in total. The van der Waals surface area contributed by atoms with Gasteiger partial charge in [-0.3, -0.25) is 0 Å². The third-order valence-corrected chi connectivity index (χ3v) is 3.81. The van der Waals surface area contributed by atoms with E-state index in [2.05, 4.69) is 37.3 Å². The molecule has 16 heavy (non-hydrogen) atoms. The van der Waals surface area contributed by atoms with Crippen LogP contribution in [0.1, 0.15) is 16.6 Å². The van der Waals surface area contributed by atoms with Gasteiger partial charge in [0.25, 0.3) is 0 Å². The van der Waals surface area contributed by atoms with E-state index in [1.165, 1.54) is 16.0 Å². The molecule has 0 saturated heterocycles. The lowest BCUT2D eigenvalue weighted by Crippen LogP contribution is -1.97. The largest absolute Gasteiger partial charge is 0.473 e. The fraction of sp³-hybridized carbons (Fsp3) is 0.143. The van der Waals surface area contributed by atoms with Gasteiger partial charge < -0.3 is 4.74 Å². The van der Waals surface area contributed by atoms with E-state index in [9.17, 15) is 0 Å². The van der Waals surface area contributed by atoms with Crippen molar-refractivity contribution in [2.24, 2.45) is 0 Å². The molecule has 3 rings (SSSR count). The van der Waals surface area contributed by atoms with Crippen LogP contribution in [0.2, 0.25) is 0 Å². The molecule has 0 N–H and O–H groups in total. The van der Waals surface area contributed by atoms with E-state index in [1.54, 1.807) is 11.8 Å². The minimum Gasteiger partial charge on any atom is -0.473 e. The second-order valence-corrected chi connectivity index (χ2v) is 5.03. The van der Waals surface area contributed by atoms with Crippen molar-refractivity contribution < 1.29 is 4.74 Å². The highest BCUT2D eigenvalue weighted by Gasteiger charge is 2.24. The quantitative estimate of drug-likeness (QED) is 0.724. The number of thioether (sulfide) groups is 1. The van der Waals surface area contributed by atoms with Crippen LogP contribution in [-0.4, -0.2) is 0 Å². The van der Waals surface area contributed by atoms with E-state index in [0.29, 0.717) is 0 Å². The van der Waals surface area contributed by atoms with Crippen molar-refractivity contribution in [1.29, 1.82) is 0 Å². The summed E-state index contributed by atoms with van der Waals surface area (Å²) in [6.07, 6.45) is 0. The molecule has 1 aliphatic heterocycles. The van der Waals surface area contributed by atoms with E-state index >= 15 is 0 Å². The van der Waals surface area contributed by atoms with Crippen LogP contribution < -0.4 is 4.74 Å². The molecule has 0 aliphatic carbocycles. The predicted molar refractivity (Wildman–Crippen MR) is 66.8 cm³/mol. The maximum Gasteiger partial charge on any atom is 0.174 e. The van der Waals surface area contributed by atoms with E-state index in [0.717, 1.165) is 5.75 Å². The summed E-state index contributed by atoms with van der Waals surface area (Å²) in [6.45, 7) is 2.11. The van der Waals surface area contributed by atoms with Gasteiger partial charge in [0.05, 0.1) is 4.90 Å². The average molecular weight is 228 g/mol. The molecule has 0 spiro atoms. The zero-order valence-electron chi connectivity index (χ0n) is 9.01. The summed E-state index contributed by atoms with van der Waals surface area (Å²) in [5.41, 5.74) is 2.62. The minimum atomic E-state index is 0.109. The van der Waals surface area contributed by atoms with E-state index in [-0.39, 0.29) is 5.44 Å². The van der Waals surface area contributed by atoms with Crippen LogP contribution in [0.3, 0.4) is 0 Å². The van der Waals surface area contributed by atoms with Crippen molar-refractivity contribution >= 4 is 11.8 Å². The lowest BCUT2D eigenvalue weighted by molar-refractivity contribution is 0.302. The van der Waals surface area contributed by atoms with Crippen LogP contribution in [-0.2, 0) is 0 Å². The molecule has 1 unspecified atom stereocenters. The smallest absolute Gasteiger partial charge is 0.174 e. The Morgan fingerprint density at radius 2 is 1.94 bits per heavy atom. The van der Waals surface area contributed by atoms with Crippen LogP contribution in [0.5, 0.6) is 5.75 Å². The second kappa shape index (κ2) is 3.87. The number of rotatable bonds is 1. The molecule has 80 valence electrons. The fourth-order valence-corrected chi connectivity index (χ4v) is 2.91. The fourth-order valence-electron chi connectivity index (χ4n) is 1.85. The first-order valence-corrected chi connectivity index (χ1v) is 6.20. The van der Waals surface area contributed by atoms with Gasteiger partial charge in [0.15, 0.2) is 5.44 Å². The highest BCUT2D eigenvalue weighted by molar-refractivity contribution is 7.99. The van der Waals surface area contributed by atoms with Crippen molar-refractivity contribution in [2.45, 2.75) is 17.3 Å². The third kappa shape index (κ3) is 1.69. The van der Waals surface area contributed by atoms with Gasteiger partial charge in [-0.2, -0.15) is 0 Å². The molecule has 0 fully saturated rings. The molecule has 0 aromatic heterocycles. The van der Waals surface area contributed by atoms with E-state index in [1.807, 2.05) is 18.2 Å². The van der Waals surface area contributed by atoms with Gasteiger partial charge in [-0.25, -0.2) is 0 Å². The Kier molecular flexibility index (Phi) is 2.37. The summed E-state index contributed by atoms with van der Waals surface area (Å²) in [6, 6.07) is 16.7. The summed E-state index contributed by atoms with van der Waals surface area (Å²) in [5.74, 6) is 0.999. The first kappa shape index (κ1) is 9.79. The van der Waals surface area contributed by atoms with Gasteiger partial charge in [0, 0.05) is 5.56 Å². The zero-order valence-corrected chi connectivity index (χ0v) is 9.83. The van der Waals surface area contributed by atoms with Gasteiger partial charge in [-0.1, -0.05) is 53.7 Å². The summed E-state index contributed by atoms with van der Waals surface area (Å²) < 4.78 is 5.91. The second-order valence-electron chi connectivity index (χ2n) is 3.93. The zero-order chi connectivity index (χ0) is 11.0. The third-order valence-electron chi connectivity index (χ3n) is 2.63. The van der Waals surface area contributed by atoms with Crippen LogP contribution in [0.15, 0.2) is 53.4 Å². The van der Waals surface area contributed by atoms with Gasteiger partial charge in [0.2, 0.25) is 0 Å². The summed E-state index contributed by atoms with van der Waals surface area (Å²) >= 11 is 1.78. The van der Waals surface area contributed by atoms with Crippen LogP contribution in [0, 0.1) is 6.92 Å². The molecular formula is C14H12OS. The van der Waals surface area contributed by atoms with Crippen molar-refractivity contribution in [2.75, 3.05) is 0 Å². The molecule has 0 saturated carbocycles. The van der Waals surface area contributed by atoms with Crippen LogP contribution in [0.4, 0.5) is 0 Å². The Morgan fingerprint density at radius 3 is 2.75 bits per heavy atom. The minimum absolute atomic E-state index is 0.109. The standard InChI is InChI=1S/C14H12OS/c1-10-5-4-6-11(9-10)14-15-12-7-2-3-8-13(12)16-14/h2-9,14H,1H3. The highest BCUT2D eigenvalue weighted by atomic mass is 32.2. The Hall–Kier alpha value is -1.41. The maximum absolute atomic E-state index is 5.91. The molecule has 2 heteroatoms. The number of benzene rings is 2. The maximum atomic E-state index is 5.91. The molecule has 0 amide bonds. The normalized spacial score (nSPS) is 17.9. The van der Waals surface area contributed by atoms with E-state index in [4.69, 9.17) is 4.74 Å². The first-order chi connectivity index (χ1) is 7.83. The average Bonchev–Trinajstić information content (AvgIpc) is 2.72. The molecule has 2 aromatic carbocycles. The first-order valence-electron chi connectivity index (χ1n) is 5.32. The molecule has 0 radical (unpaired) electrons. The van der Waals surface area contributed by atoms with Gasteiger partial charge in [0.1, 0.15) is 5.75 Å². The Balaban J connectivity index is 1.91. The molecular weight excluding hydrogens is 216 g/mol. The highest BCUT2D eigenvalue weighted by Crippen LogP contribution is 2.48. The molecule has 2 aromatic rings. The Bertz CT molecular complexity index is 497. The van der Waals surface area contributed by atoms with Crippen molar-refractivity contribution in [3.8, 4) is 5.75 Å². The van der Waals surface area contributed by atoms with Gasteiger partial charge in [-0.15, -0.1) is 0 Å². The number of para-hydroxylation sites is 1. The lowest BCUT2D eigenvalue weighted by Gasteiger charge is -2.10. The summed E-state index contributed by atoms with van der Waals surface area (Å²) in [4.78, 5) is 1.23.